The second-order valence-electron chi connectivity index (χ2n) is 6.23. The molecule has 0 amide bonds. The van der Waals surface area contributed by atoms with Gasteiger partial charge in [-0.3, -0.25) is 4.79 Å². The Morgan fingerprint density at radius 1 is 0.786 bits per heavy atom. The number of carbonyl (C=O) groups is 1. The fraction of sp³-hybridized carbons (Fsp3) is 0.240. The number of hydrogen-bond donors (Lipinski definition) is 0. The highest BCUT2D eigenvalue weighted by molar-refractivity contribution is 5.78. The van der Waals surface area contributed by atoms with Gasteiger partial charge in [-0.25, -0.2) is 0 Å². The molecule has 3 rings (SSSR count). The first-order valence-electron chi connectivity index (χ1n) is 8.91. The molecule has 3 nitrogen and oxygen atoms in total. The molecule has 0 bridgehead atoms. The van der Waals surface area contributed by atoms with E-state index in [1.54, 1.807) is 0 Å². The summed E-state index contributed by atoms with van der Waals surface area (Å²) in [6.07, 6.45) is 0.771. The van der Waals surface area contributed by atoms with Crippen LogP contribution in [0.3, 0.4) is 0 Å². The Balaban J connectivity index is 0.00000196. The third-order valence-electron chi connectivity index (χ3n) is 4.36. The Morgan fingerprint density at radius 3 is 1.64 bits per heavy atom. The molecular formula is C25H31NO2. The molecule has 0 aliphatic heterocycles. The minimum Gasteiger partial charge on any atom is -0.426 e. The minimum absolute atomic E-state index is 0. The average molecular weight is 378 g/mol. The van der Waals surface area contributed by atoms with Crippen LogP contribution in [0.4, 0.5) is 17.1 Å². The van der Waals surface area contributed by atoms with Gasteiger partial charge in [0.1, 0.15) is 5.75 Å². The van der Waals surface area contributed by atoms with Gasteiger partial charge in [0.2, 0.25) is 0 Å². The molecule has 1 unspecified atom stereocenters. The number of benzene rings is 3. The van der Waals surface area contributed by atoms with Crippen molar-refractivity contribution >= 4 is 23.0 Å². The van der Waals surface area contributed by atoms with E-state index in [-0.39, 0.29) is 26.7 Å². The summed E-state index contributed by atoms with van der Waals surface area (Å²) in [6.45, 7) is 3.86. The number of para-hydroxylation sites is 2. The lowest BCUT2D eigenvalue weighted by Crippen LogP contribution is -2.17. The number of ether oxygens (including phenoxy) is 1. The molecule has 0 spiro atoms. The highest BCUT2D eigenvalue weighted by Gasteiger charge is 2.15. The molecule has 0 N–H and O–H groups in total. The molecule has 0 heterocycles. The van der Waals surface area contributed by atoms with Crippen LogP contribution in [-0.4, -0.2) is 5.97 Å². The van der Waals surface area contributed by atoms with E-state index in [9.17, 15) is 4.79 Å². The summed E-state index contributed by atoms with van der Waals surface area (Å²) < 4.78 is 5.46. The van der Waals surface area contributed by atoms with Gasteiger partial charge in [-0.1, -0.05) is 65.1 Å². The Bertz CT molecular complexity index is 790. The number of esters is 1. The van der Waals surface area contributed by atoms with Crippen LogP contribution < -0.4 is 9.64 Å². The summed E-state index contributed by atoms with van der Waals surface area (Å²) >= 11 is 0. The molecular weight excluding hydrogens is 346 g/mol. The molecule has 0 saturated heterocycles. The van der Waals surface area contributed by atoms with E-state index >= 15 is 0 Å². The van der Waals surface area contributed by atoms with E-state index in [1.807, 2.05) is 74.5 Å². The number of hydrogen-bond acceptors (Lipinski definition) is 3. The summed E-state index contributed by atoms with van der Waals surface area (Å²) in [5.41, 5.74) is 3.15. The number of carbonyl (C=O) groups excluding carboxylic acids is 1. The Labute approximate surface area is 169 Å². The monoisotopic (exact) mass is 377 g/mol. The highest BCUT2D eigenvalue weighted by atomic mass is 16.5. The molecule has 0 aromatic heterocycles. The molecule has 3 aromatic carbocycles. The second-order valence-corrected chi connectivity index (χ2v) is 6.23. The van der Waals surface area contributed by atoms with Crippen LogP contribution in [0.2, 0.25) is 0 Å². The maximum atomic E-state index is 12.0. The molecule has 3 aromatic rings. The maximum absolute atomic E-state index is 12.0. The first-order chi connectivity index (χ1) is 12.7. The van der Waals surface area contributed by atoms with Gasteiger partial charge in [-0.15, -0.1) is 0 Å². The van der Waals surface area contributed by atoms with Gasteiger partial charge in [0.05, 0.1) is 5.92 Å². The Hall–Kier alpha value is -3.07. The largest absolute Gasteiger partial charge is 0.426 e. The van der Waals surface area contributed by atoms with Crippen molar-refractivity contribution in [2.45, 2.75) is 35.1 Å². The smallest absolute Gasteiger partial charge is 0.314 e. The van der Waals surface area contributed by atoms with Crippen molar-refractivity contribution in [3.05, 3.63) is 84.9 Å². The van der Waals surface area contributed by atoms with Crippen molar-refractivity contribution < 1.29 is 9.53 Å². The lowest BCUT2D eigenvalue weighted by atomic mass is 10.1. The fourth-order valence-corrected chi connectivity index (χ4v) is 2.65. The van der Waals surface area contributed by atoms with Crippen molar-refractivity contribution in [3.8, 4) is 5.75 Å². The van der Waals surface area contributed by atoms with E-state index in [1.165, 1.54) is 0 Å². The molecule has 3 heteroatoms. The summed E-state index contributed by atoms with van der Waals surface area (Å²) in [7, 11) is 0. The van der Waals surface area contributed by atoms with E-state index in [0.717, 1.165) is 23.5 Å². The van der Waals surface area contributed by atoms with Crippen molar-refractivity contribution in [1.82, 2.24) is 0 Å². The predicted octanol–water partition coefficient (Wildman–Crippen LogP) is 7.38. The van der Waals surface area contributed by atoms with Crippen molar-refractivity contribution in [1.29, 1.82) is 0 Å². The van der Waals surface area contributed by atoms with Gasteiger partial charge in [0.25, 0.3) is 0 Å². The van der Waals surface area contributed by atoms with Crippen LogP contribution in [0.25, 0.3) is 0 Å². The SMILES string of the molecule is C.C.CCC(C)C(=O)Oc1ccc(N(c2ccccc2)c2ccccc2)cc1. The topological polar surface area (TPSA) is 29.5 Å². The first-order valence-corrected chi connectivity index (χ1v) is 8.91. The third kappa shape index (κ3) is 5.46. The van der Waals surface area contributed by atoms with Crippen LogP contribution >= 0.6 is 0 Å². The normalized spacial score (nSPS) is 10.8. The lowest BCUT2D eigenvalue weighted by molar-refractivity contribution is -0.138. The van der Waals surface area contributed by atoms with Crippen molar-refractivity contribution in [2.24, 2.45) is 5.92 Å². The molecule has 0 fully saturated rings. The molecule has 0 saturated carbocycles. The average Bonchev–Trinajstić information content (AvgIpc) is 2.70. The van der Waals surface area contributed by atoms with Gasteiger partial charge in [-0.2, -0.15) is 0 Å². The zero-order valence-corrected chi connectivity index (χ0v) is 15.1. The number of rotatable bonds is 6. The zero-order chi connectivity index (χ0) is 18.4. The molecule has 0 aliphatic carbocycles. The van der Waals surface area contributed by atoms with Gasteiger partial charge in [0.15, 0.2) is 0 Å². The first kappa shape index (κ1) is 23.0. The van der Waals surface area contributed by atoms with Crippen LogP contribution in [-0.2, 0) is 4.79 Å². The maximum Gasteiger partial charge on any atom is 0.314 e. The molecule has 0 aliphatic rings. The fourth-order valence-electron chi connectivity index (χ4n) is 2.65. The molecule has 148 valence electrons. The zero-order valence-electron chi connectivity index (χ0n) is 15.1. The minimum atomic E-state index is -0.191. The van der Waals surface area contributed by atoms with Gasteiger partial charge in [-0.05, 0) is 55.0 Å². The van der Waals surface area contributed by atoms with E-state index in [4.69, 9.17) is 4.74 Å². The van der Waals surface area contributed by atoms with Gasteiger partial charge in [0, 0.05) is 17.1 Å². The lowest BCUT2D eigenvalue weighted by Gasteiger charge is -2.25. The van der Waals surface area contributed by atoms with Crippen LogP contribution in [0.1, 0.15) is 35.1 Å². The Morgan fingerprint density at radius 2 is 1.21 bits per heavy atom. The van der Waals surface area contributed by atoms with Crippen LogP contribution in [0.15, 0.2) is 84.9 Å². The molecule has 0 radical (unpaired) electrons. The van der Waals surface area contributed by atoms with E-state index in [2.05, 4.69) is 29.2 Å². The van der Waals surface area contributed by atoms with Crippen molar-refractivity contribution in [3.63, 3.8) is 0 Å². The predicted molar refractivity (Wildman–Crippen MR) is 120 cm³/mol. The summed E-state index contributed by atoms with van der Waals surface area (Å²) in [6, 6.07) is 28.0. The summed E-state index contributed by atoms with van der Waals surface area (Å²) in [4.78, 5) is 14.1. The second kappa shape index (κ2) is 10.9. The van der Waals surface area contributed by atoms with E-state index < -0.39 is 0 Å². The summed E-state index contributed by atoms with van der Waals surface area (Å²) in [5.74, 6) is 0.281. The third-order valence-corrected chi connectivity index (χ3v) is 4.36. The Kier molecular flexibility index (Phi) is 8.97. The number of nitrogens with zero attached hydrogens (tertiary/aromatic N) is 1. The van der Waals surface area contributed by atoms with Gasteiger partial charge < -0.3 is 9.64 Å². The van der Waals surface area contributed by atoms with Gasteiger partial charge >= 0.3 is 5.97 Å². The van der Waals surface area contributed by atoms with Crippen LogP contribution in [0, 0.1) is 5.92 Å². The quantitative estimate of drug-likeness (QED) is 0.331. The highest BCUT2D eigenvalue weighted by Crippen LogP contribution is 2.34. The van der Waals surface area contributed by atoms with E-state index in [0.29, 0.717) is 5.75 Å². The summed E-state index contributed by atoms with van der Waals surface area (Å²) in [5, 5.41) is 0. The standard InChI is InChI=1S/C23H23NO2.2CH4/c1-3-18(2)23(25)26-22-16-14-21(15-17-22)24(19-10-6-4-7-11-19)20-12-8-5-9-13-20;;/h4-18H,3H2,1-2H3;2*1H4. The van der Waals surface area contributed by atoms with Crippen molar-refractivity contribution in [2.75, 3.05) is 4.90 Å². The van der Waals surface area contributed by atoms with Crippen LogP contribution in [0.5, 0.6) is 5.75 Å². The number of anilines is 3. The molecule has 1 atom stereocenters. The molecule has 28 heavy (non-hydrogen) atoms.